The van der Waals surface area contributed by atoms with Crippen molar-refractivity contribution in [1.29, 1.82) is 0 Å². The molecule has 2 aliphatic rings. The maximum absolute atomic E-state index is 13.4. The first-order valence-electron chi connectivity index (χ1n) is 7.79. The number of hydrogen-bond acceptors (Lipinski definition) is 2. The molecule has 1 aromatic carbocycles. The molecule has 2 nitrogen and oxygen atoms in total. The van der Waals surface area contributed by atoms with Gasteiger partial charge >= 0.3 is 0 Å². The Morgan fingerprint density at radius 2 is 2.00 bits per heavy atom. The lowest BCUT2D eigenvalue weighted by Crippen LogP contribution is -2.43. The van der Waals surface area contributed by atoms with E-state index in [4.69, 9.17) is 11.6 Å². The van der Waals surface area contributed by atoms with Gasteiger partial charge < -0.3 is 10.6 Å². The van der Waals surface area contributed by atoms with Gasteiger partial charge in [-0.05, 0) is 66.2 Å². The molecular weight excluding hydrogens is 355 g/mol. The number of anilines is 1. The zero-order valence-corrected chi connectivity index (χ0v) is 14.3. The molecule has 1 heterocycles. The summed E-state index contributed by atoms with van der Waals surface area (Å²) in [5, 5.41) is 7.67. The molecule has 2 fully saturated rings. The first-order chi connectivity index (χ1) is 10.1. The van der Waals surface area contributed by atoms with E-state index < -0.39 is 0 Å². The smallest absolute Gasteiger partial charge is 0.125 e. The van der Waals surface area contributed by atoms with E-state index in [1.165, 1.54) is 44.2 Å². The first kappa shape index (κ1) is 15.6. The quantitative estimate of drug-likeness (QED) is 0.780. The summed E-state index contributed by atoms with van der Waals surface area (Å²) in [5.74, 6) is 0.323. The van der Waals surface area contributed by atoms with Gasteiger partial charge in [0.2, 0.25) is 0 Å². The fourth-order valence-electron chi connectivity index (χ4n) is 3.76. The Morgan fingerprint density at radius 3 is 2.71 bits per heavy atom. The molecule has 1 saturated heterocycles. The molecule has 116 valence electrons. The second-order valence-electron chi connectivity index (χ2n) is 6.15. The van der Waals surface area contributed by atoms with Crippen LogP contribution in [0.3, 0.4) is 0 Å². The van der Waals surface area contributed by atoms with Gasteiger partial charge in [-0.1, -0.05) is 24.4 Å². The van der Waals surface area contributed by atoms with Crippen molar-refractivity contribution in [2.75, 3.05) is 11.9 Å². The highest BCUT2D eigenvalue weighted by molar-refractivity contribution is 9.10. The van der Waals surface area contributed by atoms with E-state index in [0.717, 1.165) is 18.7 Å². The lowest BCUT2D eigenvalue weighted by Gasteiger charge is -2.37. The van der Waals surface area contributed by atoms with E-state index in [2.05, 4.69) is 26.6 Å². The van der Waals surface area contributed by atoms with Crippen molar-refractivity contribution in [3.63, 3.8) is 0 Å². The molecule has 1 aliphatic carbocycles. The van der Waals surface area contributed by atoms with Crippen LogP contribution in [0.4, 0.5) is 10.1 Å². The van der Waals surface area contributed by atoms with Gasteiger partial charge in [-0.3, -0.25) is 0 Å². The van der Waals surface area contributed by atoms with Crippen LogP contribution in [0.15, 0.2) is 16.6 Å². The topological polar surface area (TPSA) is 24.1 Å². The third-order valence-corrected chi connectivity index (χ3v) is 5.69. The molecule has 1 aliphatic heterocycles. The van der Waals surface area contributed by atoms with E-state index in [1.807, 2.05) is 0 Å². The summed E-state index contributed by atoms with van der Waals surface area (Å²) in [6.45, 7) is 1.13. The minimum Gasteiger partial charge on any atom is -0.380 e. The SMILES string of the molecule is Fc1cc(Cl)c(NC2CCCCC2C2CCCN2)c(Br)c1. The molecule has 0 radical (unpaired) electrons. The maximum Gasteiger partial charge on any atom is 0.125 e. The highest BCUT2D eigenvalue weighted by atomic mass is 79.9. The van der Waals surface area contributed by atoms with Crippen molar-refractivity contribution < 1.29 is 4.39 Å². The number of benzene rings is 1. The van der Waals surface area contributed by atoms with Crippen LogP contribution in [0.25, 0.3) is 0 Å². The zero-order chi connectivity index (χ0) is 14.8. The van der Waals surface area contributed by atoms with Crippen LogP contribution in [0, 0.1) is 11.7 Å². The molecule has 2 N–H and O–H groups in total. The highest BCUT2D eigenvalue weighted by Crippen LogP contribution is 2.37. The minimum absolute atomic E-state index is 0.310. The predicted octanol–water partition coefficient (Wildman–Crippen LogP) is 4.96. The lowest BCUT2D eigenvalue weighted by molar-refractivity contribution is 0.262. The minimum atomic E-state index is -0.310. The summed E-state index contributed by atoms with van der Waals surface area (Å²) in [4.78, 5) is 0. The Bertz CT molecular complexity index is 482. The standard InChI is InChI=1S/C16H21BrClFN2/c17-12-8-10(19)9-13(18)16(12)21-15-5-2-1-4-11(15)14-6-3-7-20-14/h8-9,11,14-15,20-21H,1-7H2. The van der Waals surface area contributed by atoms with Crippen LogP contribution in [0.1, 0.15) is 38.5 Å². The van der Waals surface area contributed by atoms with Gasteiger partial charge in [0.1, 0.15) is 5.82 Å². The summed E-state index contributed by atoms with van der Waals surface area (Å²) in [6, 6.07) is 3.87. The fourth-order valence-corrected chi connectivity index (χ4v) is 4.68. The van der Waals surface area contributed by atoms with Crippen molar-refractivity contribution in [1.82, 2.24) is 5.32 Å². The largest absolute Gasteiger partial charge is 0.380 e. The average Bonchev–Trinajstić information content (AvgIpc) is 2.97. The molecule has 1 saturated carbocycles. The predicted molar refractivity (Wildman–Crippen MR) is 89.5 cm³/mol. The summed E-state index contributed by atoms with van der Waals surface area (Å²) in [6.07, 6.45) is 7.50. The molecule has 3 atom stereocenters. The van der Waals surface area contributed by atoms with Crippen LogP contribution >= 0.6 is 27.5 Å². The van der Waals surface area contributed by atoms with Crippen LogP contribution in [-0.4, -0.2) is 18.6 Å². The van der Waals surface area contributed by atoms with Crippen LogP contribution in [0.5, 0.6) is 0 Å². The van der Waals surface area contributed by atoms with Crippen molar-refractivity contribution >= 4 is 33.2 Å². The Hall–Kier alpha value is -0.320. The summed E-state index contributed by atoms with van der Waals surface area (Å²) < 4.78 is 14.1. The van der Waals surface area contributed by atoms with Crippen molar-refractivity contribution in [3.05, 3.63) is 27.4 Å². The lowest BCUT2D eigenvalue weighted by atomic mass is 9.79. The summed E-state index contributed by atoms with van der Waals surface area (Å²) in [7, 11) is 0. The Labute approximate surface area is 139 Å². The third kappa shape index (κ3) is 3.54. The monoisotopic (exact) mass is 374 g/mol. The normalized spacial score (nSPS) is 29.6. The molecule has 0 aromatic heterocycles. The summed E-state index contributed by atoms with van der Waals surface area (Å²) in [5.41, 5.74) is 0.827. The highest BCUT2D eigenvalue weighted by Gasteiger charge is 2.33. The van der Waals surface area contributed by atoms with E-state index in [1.54, 1.807) is 0 Å². The molecule has 3 unspecified atom stereocenters. The van der Waals surface area contributed by atoms with Crippen LogP contribution in [-0.2, 0) is 0 Å². The van der Waals surface area contributed by atoms with Crippen LogP contribution < -0.4 is 10.6 Å². The number of halogens is 3. The third-order valence-electron chi connectivity index (χ3n) is 4.77. The number of nitrogens with one attached hydrogen (secondary N) is 2. The Balaban J connectivity index is 1.78. The van der Waals surface area contributed by atoms with Gasteiger partial charge in [0, 0.05) is 16.6 Å². The van der Waals surface area contributed by atoms with Gasteiger partial charge in [-0.2, -0.15) is 0 Å². The molecule has 5 heteroatoms. The molecule has 0 spiro atoms. The van der Waals surface area contributed by atoms with E-state index in [-0.39, 0.29) is 5.82 Å². The van der Waals surface area contributed by atoms with Crippen molar-refractivity contribution in [3.8, 4) is 0 Å². The van der Waals surface area contributed by atoms with Crippen molar-refractivity contribution in [2.45, 2.75) is 50.6 Å². The summed E-state index contributed by atoms with van der Waals surface area (Å²) >= 11 is 9.64. The van der Waals surface area contributed by atoms with Crippen molar-refractivity contribution in [2.24, 2.45) is 5.92 Å². The molecular formula is C16H21BrClFN2. The molecule has 21 heavy (non-hydrogen) atoms. The van der Waals surface area contributed by atoms with Gasteiger partial charge in [-0.25, -0.2) is 4.39 Å². The maximum atomic E-state index is 13.4. The molecule has 3 rings (SSSR count). The number of hydrogen-bond donors (Lipinski definition) is 2. The van der Waals surface area contributed by atoms with E-state index in [9.17, 15) is 4.39 Å². The Kier molecular flexibility index (Phi) is 5.07. The number of rotatable bonds is 3. The van der Waals surface area contributed by atoms with Gasteiger partial charge in [0.05, 0.1) is 10.7 Å². The van der Waals surface area contributed by atoms with Crippen LogP contribution in [0.2, 0.25) is 5.02 Å². The molecule has 0 bridgehead atoms. The zero-order valence-electron chi connectivity index (χ0n) is 12.0. The first-order valence-corrected chi connectivity index (χ1v) is 8.96. The molecule has 1 aromatic rings. The molecule has 0 amide bonds. The van der Waals surface area contributed by atoms with Gasteiger partial charge in [0.15, 0.2) is 0 Å². The van der Waals surface area contributed by atoms with E-state index in [0.29, 0.717) is 27.5 Å². The fraction of sp³-hybridized carbons (Fsp3) is 0.625. The van der Waals surface area contributed by atoms with Gasteiger partial charge in [-0.15, -0.1) is 0 Å². The van der Waals surface area contributed by atoms with Gasteiger partial charge in [0.25, 0.3) is 0 Å². The second-order valence-corrected chi connectivity index (χ2v) is 7.41. The Morgan fingerprint density at radius 1 is 1.19 bits per heavy atom. The average molecular weight is 376 g/mol. The van der Waals surface area contributed by atoms with E-state index >= 15 is 0 Å². The second kappa shape index (κ2) is 6.84.